The van der Waals surface area contributed by atoms with Crippen LogP contribution in [0.5, 0.6) is 5.75 Å². The van der Waals surface area contributed by atoms with Crippen LogP contribution in [0.1, 0.15) is 16.1 Å². The zero-order valence-electron chi connectivity index (χ0n) is 9.48. The normalized spacial score (nSPS) is 10.3. The van der Waals surface area contributed by atoms with Crippen LogP contribution in [0.25, 0.3) is 0 Å². The monoisotopic (exact) mass is 357 g/mol. The second kappa shape index (κ2) is 5.85. The lowest BCUT2D eigenvalue weighted by atomic mass is 10.2. The van der Waals surface area contributed by atoms with Crippen molar-refractivity contribution in [2.45, 2.75) is 6.42 Å². The second-order valence-corrected chi connectivity index (χ2v) is 4.91. The summed E-state index contributed by atoms with van der Waals surface area (Å²) in [7, 11) is 0. The Morgan fingerprint density at radius 2 is 2.33 bits per heavy atom. The highest BCUT2D eigenvalue weighted by Crippen LogP contribution is 2.20. The van der Waals surface area contributed by atoms with Gasteiger partial charge in [0.25, 0.3) is 5.91 Å². The van der Waals surface area contributed by atoms with E-state index in [4.69, 9.17) is 0 Å². The lowest BCUT2D eigenvalue weighted by molar-refractivity contribution is 0.0953. The number of halogens is 1. The highest BCUT2D eigenvalue weighted by Gasteiger charge is 2.07. The van der Waals surface area contributed by atoms with Gasteiger partial charge in [-0.05, 0) is 40.8 Å². The van der Waals surface area contributed by atoms with E-state index in [1.54, 1.807) is 24.7 Å². The number of carbonyl (C=O) groups is 1. The number of aromatic hydroxyl groups is 1. The van der Waals surface area contributed by atoms with Crippen molar-refractivity contribution in [2.75, 3.05) is 6.54 Å². The van der Waals surface area contributed by atoms with Gasteiger partial charge in [0.15, 0.2) is 0 Å². The van der Waals surface area contributed by atoms with Gasteiger partial charge in [-0.1, -0.05) is 0 Å². The molecule has 1 amide bonds. The maximum Gasteiger partial charge on any atom is 0.251 e. The van der Waals surface area contributed by atoms with Crippen molar-refractivity contribution in [2.24, 2.45) is 0 Å². The minimum absolute atomic E-state index is 0.122. The molecule has 0 fully saturated rings. The second-order valence-electron chi connectivity index (χ2n) is 3.75. The van der Waals surface area contributed by atoms with Crippen LogP contribution in [0.2, 0.25) is 0 Å². The first-order chi connectivity index (χ1) is 8.66. The molecule has 3 N–H and O–H groups in total. The zero-order chi connectivity index (χ0) is 13.0. The van der Waals surface area contributed by atoms with Crippen LogP contribution in [-0.2, 0) is 6.42 Å². The van der Waals surface area contributed by atoms with Gasteiger partial charge >= 0.3 is 0 Å². The summed E-state index contributed by atoms with van der Waals surface area (Å²) in [6.45, 7) is 0.522. The summed E-state index contributed by atoms with van der Waals surface area (Å²) in [4.78, 5) is 18.6. The molecule has 0 saturated carbocycles. The van der Waals surface area contributed by atoms with Gasteiger partial charge in [0.2, 0.25) is 0 Å². The molecule has 0 aliphatic heterocycles. The summed E-state index contributed by atoms with van der Waals surface area (Å²) in [5, 5.41) is 12.3. The first-order valence-corrected chi connectivity index (χ1v) is 6.48. The van der Waals surface area contributed by atoms with Gasteiger partial charge in [0, 0.05) is 30.4 Å². The molecule has 0 aliphatic carbocycles. The number of H-pyrrole nitrogens is 1. The quantitative estimate of drug-likeness (QED) is 0.729. The first-order valence-electron chi connectivity index (χ1n) is 5.41. The molecule has 0 aliphatic rings. The number of aromatic amines is 1. The van der Waals surface area contributed by atoms with E-state index < -0.39 is 0 Å². The molecule has 0 spiro atoms. The van der Waals surface area contributed by atoms with Gasteiger partial charge in [-0.15, -0.1) is 0 Å². The highest BCUT2D eigenvalue weighted by atomic mass is 127. The van der Waals surface area contributed by atoms with Crippen LogP contribution in [0.15, 0.2) is 30.7 Å². The average molecular weight is 357 g/mol. The Labute approximate surface area is 118 Å². The summed E-state index contributed by atoms with van der Waals surface area (Å²) in [5.74, 6) is -0.0713. The molecule has 0 bridgehead atoms. The van der Waals surface area contributed by atoms with Crippen molar-refractivity contribution in [3.63, 3.8) is 0 Å². The molecular weight excluding hydrogens is 345 g/mol. The summed E-state index contributed by atoms with van der Waals surface area (Å²) in [6.07, 6.45) is 4.03. The Morgan fingerprint density at radius 3 is 3.00 bits per heavy atom. The molecule has 5 nitrogen and oxygen atoms in total. The van der Waals surface area contributed by atoms with Crippen LogP contribution in [0.3, 0.4) is 0 Å². The molecule has 94 valence electrons. The fraction of sp³-hybridized carbons (Fsp3) is 0.167. The minimum atomic E-state index is -0.193. The fourth-order valence-corrected chi connectivity index (χ4v) is 1.82. The van der Waals surface area contributed by atoms with Crippen molar-refractivity contribution in [1.29, 1.82) is 0 Å². The molecule has 1 heterocycles. The Bertz CT molecular complexity index is 540. The third kappa shape index (κ3) is 3.22. The lowest BCUT2D eigenvalue weighted by Gasteiger charge is -2.05. The molecule has 1 aromatic heterocycles. The average Bonchev–Trinajstić information content (AvgIpc) is 2.85. The van der Waals surface area contributed by atoms with Crippen molar-refractivity contribution in [1.82, 2.24) is 15.3 Å². The Hall–Kier alpha value is -1.57. The number of nitrogens with zero attached hydrogens (tertiary/aromatic N) is 1. The molecule has 0 saturated heterocycles. The number of imidazole rings is 1. The summed E-state index contributed by atoms with van der Waals surface area (Å²) in [5.41, 5.74) is 1.43. The van der Waals surface area contributed by atoms with E-state index >= 15 is 0 Å². The van der Waals surface area contributed by atoms with E-state index in [9.17, 15) is 9.90 Å². The number of amides is 1. The van der Waals surface area contributed by atoms with Gasteiger partial charge in [-0.2, -0.15) is 0 Å². The summed E-state index contributed by atoms with van der Waals surface area (Å²) >= 11 is 2.01. The number of rotatable bonds is 4. The lowest BCUT2D eigenvalue weighted by Crippen LogP contribution is -2.25. The molecule has 0 atom stereocenters. The topological polar surface area (TPSA) is 78.0 Å². The van der Waals surface area contributed by atoms with E-state index in [2.05, 4.69) is 15.3 Å². The van der Waals surface area contributed by atoms with E-state index in [1.807, 2.05) is 22.6 Å². The van der Waals surface area contributed by atoms with Gasteiger partial charge in [0.05, 0.1) is 9.90 Å². The number of phenolic OH excluding ortho intramolecular Hbond substituents is 1. The molecule has 1 aromatic carbocycles. The maximum atomic E-state index is 11.8. The van der Waals surface area contributed by atoms with E-state index in [0.29, 0.717) is 18.5 Å². The summed E-state index contributed by atoms with van der Waals surface area (Å²) < 4.78 is 0.724. The molecule has 6 heteroatoms. The Morgan fingerprint density at radius 1 is 1.50 bits per heavy atom. The predicted molar refractivity (Wildman–Crippen MR) is 75.4 cm³/mol. The predicted octanol–water partition coefficient (Wildman–Crippen LogP) is 1.69. The van der Waals surface area contributed by atoms with E-state index in [0.717, 1.165) is 9.26 Å². The van der Waals surface area contributed by atoms with Crippen LogP contribution >= 0.6 is 22.6 Å². The Kier molecular flexibility index (Phi) is 4.19. The standard InChI is InChI=1S/C12H12IN3O2/c13-10-2-1-8(5-11(10)17)12(18)15-4-3-9-6-14-7-16-9/h1-2,5-7,17H,3-4H2,(H,14,16)(H,15,18). The SMILES string of the molecule is O=C(NCCc1cnc[nH]1)c1ccc(I)c(O)c1. The van der Waals surface area contributed by atoms with Crippen molar-refractivity contribution >= 4 is 28.5 Å². The number of hydrogen-bond donors (Lipinski definition) is 3. The molecule has 0 unspecified atom stereocenters. The minimum Gasteiger partial charge on any atom is -0.507 e. The first kappa shape index (κ1) is 12.9. The molecular formula is C12H12IN3O2. The number of aromatic nitrogens is 2. The Balaban J connectivity index is 1.89. The number of hydrogen-bond acceptors (Lipinski definition) is 3. The fourth-order valence-electron chi connectivity index (χ4n) is 1.49. The van der Waals surface area contributed by atoms with Gasteiger partial charge in [-0.3, -0.25) is 4.79 Å². The van der Waals surface area contributed by atoms with Crippen LogP contribution in [0.4, 0.5) is 0 Å². The molecule has 2 aromatic rings. The largest absolute Gasteiger partial charge is 0.507 e. The number of carbonyl (C=O) groups excluding carboxylic acids is 1. The third-order valence-electron chi connectivity index (χ3n) is 2.44. The number of benzene rings is 1. The van der Waals surface area contributed by atoms with E-state index in [-0.39, 0.29) is 11.7 Å². The van der Waals surface area contributed by atoms with Gasteiger partial charge in [0.1, 0.15) is 5.75 Å². The molecule has 2 rings (SSSR count). The molecule has 0 radical (unpaired) electrons. The van der Waals surface area contributed by atoms with Crippen molar-refractivity contribution < 1.29 is 9.90 Å². The van der Waals surface area contributed by atoms with Gasteiger partial charge in [-0.25, -0.2) is 4.98 Å². The smallest absolute Gasteiger partial charge is 0.251 e. The van der Waals surface area contributed by atoms with Crippen LogP contribution in [-0.4, -0.2) is 27.5 Å². The number of phenols is 1. The highest BCUT2D eigenvalue weighted by molar-refractivity contribution is 14.1. The van der Waals surface area contributed by atoms with Crippen molar-refractivity contribution in [3.05, 3.63) is 45.6 Å². The van der Waals surface area contributed by atoms with Crippen LogP contribution in [0, 0.1) is 3.57 Å². The van der Waals surface area contributed by atoms with Gasteiger partial charge < -0.3 is 15.4 Å². The third-order valence-corrected chi connectivity index (χ3v) is 3.36. The summed E-state index contributed by atoms with van der Waals surface area (Å²) in [6, 6.07) is 4.86. The zero-order valence-corrected chi connectivity index (χ0v) is 11.6. The van der Waals surface area contributed by atoms with E-state index in [1.165, 1.54) is 6.07 Å². The molecule has 18 heavy (non-hydrogen) atoms. The number of nitrogens with one attached hydrogen (secondary N) is 2. The van der Waals surface area contributed by atoms with Crippen molar-refractivity contribution in [3.8, 4) is 5.75 Å². The van der Waals surface area contributed by atoms with Crippen LogP contribution < -0.4 is 5.32 Å². The maximum absolute atomic E-state index is 11.8.